The lowest BCUT2D eigenvalue weighted by Gasteiger charge is -2.11. The summed E-state index contributed by atoms with van der Waals surface area (Å²) < 4.78 is 7.49. The van der Waals surface area contributed by atoms with Crippen LogP contribution in [0.4, 0.5) is 0 Å². The number of nitrogens with one attached hydrogen (secondary N) is 1. The molecule has 38 heavy (non-hydrogen) atoms. The second kappa shape index (κ2) is 11.9. The third-order valence-electron chi connectivity index (χ3n) is 5.69. The number of rotatable bonds is 9. The van der Waals surface area contributed by atoms with Crippen LogP contribution in [0.3, 0.4) is 0 Å². The average Bonchev–Trinajstić information content (AvgIpc) is 3.37. The van der Waals surface area contributed by atoms with Crippen LogP contribution in [-0.2, 0) is 4.79 Å². The molecular weight excluding hydrogens is 518 g/mol. The summed E-state index contributed by atoms with van der Waals surface area (Å²) in [7, 11) is 0. The molecule has 1 aromatic heterocycles. The fourth-order valence-electron chi connectivity index (χ4n) is 3.94. The van der Waals surface area contributed by atoms with Crippen molar-refractivity contribution in [3.8, 4) is 22.8 Å². The first-order valence-corrected chi connectivity index (χ1v) is 13.4. The van der Waals surface area contributed by atoms with Gasteiger partial charge in [0.1, 0.15) is 5.75 Å². The fourth-order valence-corrected chi connectivity index (χ4v) is 4.81. The average molecular weight is 542 g/mol. The monoisotopic (exact) mass is 541 g/mol. The SMILES string of the molecule is CCOc1ccc(-n2c(SCC(=O)N/N=C\c3cccc4ccccc34)nnc2-c2ccc(Cl)cc2)cc1. The van der Waals surface area contributed by atoms with Crippen molar-refractivity contribution in [2.75, 3.05) is 12.4 Å². The van der Waals surface area contributed by atoms with Crippen molar-refractivity contribution in [3.63, 3.8) is 0 Å². The Labute approximate surface area is 229 Å². The number of amides is 1. The Bertz CT molecular complexity index is 1580. The fraction of sp³-hybridized carbons (Fsp3) is 0.103. The molecule has 0 spiro atoms. The van der Waals surface area contributed by atoms with E-state index in [1.165, 1.54) is 11.8 Å². The Morgan fingerprint density at radius 3 is 2.55 bits per heavy atom. The third kappa shape index (κ3) is 5.88. The van der Waals surface area contributed by atoms with E-state index in [0.717, 1.165) is 33.3 Å². The number of hydrazone groups is 1. The number of aromatic nitrogens is 3. The molecule has 0 radical (unpaired) electrons. The van der Waals surface area contributed by atoms with Gasteiger partial charge in [-0.15, -0.1) is 10.2 Å². The number of nitrogens with zero attached hydrogens (tertiary/aromatic N) is 4. The minimum absolute atomic E-state index is 0.114. The summed E-state index contributed by atoms with van der Waals surface area (Å²) >= 11 is 7.36. The first kappa shape index (κ1) is 25.5. The van der Waals surface area contributed by atoms with Crippen molar-refractivity contribution in [1.82, 2.24) is 20.2 Å². The van der Waals surface area contributed by atoms with Crippen LogP contribution < -0.4 is 10.2 Å². The van der Waals surface area contributed by atoms with Gasteiger partial charge in [-0.3, -0.25) is 9.36 Å². The van der Waals surface area contributed by atoms with Gasteiger partial charge in [-0.25, -0.2) is 5.43 Å². The van der Waals surface area contributed by atoms with Gasteiger partial charge < -0.3 is 4.74 Å². The number of carbonyl (C=O) groups excluding carboxylic acids is 1. The molecule has 7 nitrogen and oxygen atoms in total. The Balaban J connectivity index is 1.33. The van der Waals surface area contributed by atoms with Gasteiger partial charge in [0.2, 0.25) is 0 Å². The van der Waals surface area contributed by atoms with Crippen LogP contribution in [0.5, 0.6) is 5.75 Å². The molecule has 1 N–H and O–H groups in total. The molecule has 1 heterocycles. The summed E-state index contributed by atoms with van der Waals surface area (Å²) in [6.07, 6.45) is 1.66. The van der Waals surface area contributed by atoms with E-state index >= 15 is 0 Å². The molecule has 0 aliphatic carbocycles. The molecule has 0 bridgehead atoms. The molecule has 0 aliphatic rings. The van der Waals surface area contributed by atoms with Gasteiger partial charge in [0.05, 0.1) is 18.6 Å². The molecule has 0 atom stereocenters. The minimum Gasteiger partial charge on any atom is -0.494 e. The van der Waals surface area contributed by atoms with Crippen molar-refractivity contribution in [3.05, 3.63) is 102 Å². The molecule has 0 fully saturated rings. The Kier molecular flexibility index (Phi) is 8.01. The van der Waals surface area contributed by atoms with Crippen LogP contribution in [0.15, 0.2) is 101 Å². The lowest BCUT2D eigenvalue weighted by Crippen LogP contribution is -2.20. The summed E-state index contributed by atoms with van der Waals surface area (Å²) in [5, 5.41) is 16.4. The molecule has 9 heteroatoms. The van der Waals surface area contributed by atoms with Crippen molar-refractivity contribution in [2.45, 2.75) is 12.1 Å². The number of hydrogen-bond acceptors (Lipinski definition) is 6. The quantitative estimate of drug-likeness (QED) is 0.133. The number of halogens is 1. The largest absolute Gasteiger partial charge is 0.494 e. The second-order valence-corrected chi connectivity index (χ2v) is 9.60. The van der Waals surface area contributed by atoms with Crippen molar-refractivity contribution >= 4 is 46.3 Å². The van der Waals surface area contributed by atoms with Crippen molar-refractivity contribution < 1.29 is 9.53 Å². The molecule has 5 rings (SSSR count). The summed E-state index contributed by atoms with van der Waals surface area (Å²) in [4.78, 5) is 12.6. The van der Waals surface area contributed by atoms with Crippen LogP contribution in [0, 0.1) is 0 Å². The molecule has 190 valence electrons. The minimum atomic E-state index is -0.249. The van der Waals surface area contributed by atoms with Gasteiger partial charge in [0, 0.05) is 21.8 Å². The summed E-state index contributed by atoms with van der Waals surface area (Å²) in [5.74, 6) is 1.28. The predicted octanol–water partition coefficient (Wildman–Crippen LogP) is 6.38. The van der Waals surface area contributed by atoms with E-state index in [0.29, 0.717) is 22.6 Å². The normalized spacial score (nSPS) is 11.2. The standard InChI is InChI=1S/C29H24ClN5O2S/c1-2-37-25-16-14-24(15-17-25)35-28(21-10-12-23(30)13-11-21)33-34-29(35)38-19-27(36)32-31-18-22-8-5-7-20-6-3-4-9-26(20)22/h3-18H,2,19H2,1H3,(H,32,36)/b31-18-. The number of ether oxygens (including phenoxy) is 1. The van der Waals surface area contributed by atoms with Crippen molar-refractivity contribution in [1.29, 1.82) is 0 Å². The maximum absolute atomic E-state index is 12.6. The van der Waals surface area contributed by atoms with E-state index in [1.54, 1.807) is 6.21 Å². The van der Waals surface area contributed by atoms with Gasteiger partial charge in [-0.05, 0) is 66.2 Å². The highest BCUT2D eigenvalue weighted by atomic mass is 35.5. The Morgan fingerprint density at radius 1 is 1.00 bits per heavy atom. The zero-order chi connectivity index (χ0) is 26.3. The van der Waals surface area contributed by atoms with E-state index in [1.807, 2.05) is 102 Å². The smallest absolute Gasteiger partial charge is 0.250 e. The van der Waals surface area contributed by atoms with Crippen LogP contribution in [0.1, 0.15) is 12.5 Å². The van der Waals surface area contributed by atoms with Gasteiger partial charge in [-0.2, -0.15) is 5.10 Å². The zero-order valence-corrected chi connectivity index (χ0v) is 22.1. The lowest BCUT2D eigenvalue weighted by atomic mass is 10.1. The molecule has 0 saturated carbocycles. The van der Waals surface area contributed by atoms with Gasteiger partial charge in [0.15, 0.2) is 11.0 Å². The molecule has 1 amide bonds. The molecule has 5 aromatic rings. The summed E-state index contributed by atoms with van der Waals surface area (Å²) in [6, 6.07) is 29.1. The predicted molar refractivity (Wildman–Crippen MR) is 153 cm³/mol. The lowest BCUT2D eigenvalue weighted by molar-refractivity contribution is -0.118. The van der Waals surface area contributed by atoms with Crippen LogP contribution in [0.25, 0.3) is 27.8 Å². The van der Waals surface area contributed by atoms with Crippen LogP contribution in [0.2, 0.25) is 5.02 Å². The molecule has 4 aromatic carbocycles. The van der Waals surface area contributed by atoms with Gasteiger partial charge >= 0.3 is 0 Å². The number of benzene rings is 4. The van der Waals surface area contributed by atoms with Crippen LogP contribution >= 0.6 is 23.4 Å². The van der Waals surface area contributed by atoms with E-state index in [9.17, 15) is 4.79 Å². The zero-order valence-electron chi connectivity index (χ0n) is 20.5. The second-order valence-electron chi connectivity index (χ2n) is 8.23. The summed E-state index contributed by atoms with van der Waals surface area (Å²) in [6.45, 7) is 2.53. The maximum Gasteiger partial charge on any atom is 0.250 e. The third-order valence-corrected chi connectivity index (χ3v) is 6.87. The highest BCUT2D eigenvalue weighted by Crippen LogP contribution is 2.29. The molecule has 0 unspecified atom stereocenters. The first-order valence-electron chi connectivity index (χ1n) is 12.0. The topological polar surface area (TPSA) is 81.4 Å². The highest BCUT2D eigenvalue weighted by Gasteiger charge is 2.17. The Morgan fingerprint density at radius 2 is 1.76 bits per heavy atom. The summed E-state index contributed by atoms with van der Waals surface area (Å²) in [5.41, 5.74) is 5.24. The highest BCUT2D eigenvalue weighted by molar-refractivity contribution is 7.99. The van der Waals surface area contributed by atoms with E-state index < -0.39 is 0 Å². The molecular formula is C29H24ClN5O2S. The maximum atomic E-state index is 12.6. The molecule has 0 saturated heterocycles. The van der Waals surface area contributed by atoms with Crippen molar-refractivity contribution in [2.24, 2.45) is 5.10 Å². The van der Waals surface area contributed by atoms with Crippen LogP contribution in [-0.4, -0.2) is 39.2 Å². The van der Waals surface area contributed by atoms with E-state index in [4.69, 9.17) is 16.3 Å². The van der Waals surface area contributed by atoms with E-state index in [2.05, 4.69) is 20.7 Å². The molecule has 0 aliphatic heterocycles. The number of thioether (sulfide) groups is 1. The Hall–Kier alpha value is -4.14. The number of hydrogen-bond donors (Lipinski definition) is 1. The van der Waals surface area contributed by atoms with Gasteiger partial charge in [0.25, 0.3) is 5.91 Å². The number of fused-ring (bicyclic) bond motifs is 1. The van der Waals surface area contributed by atoms with E-state index in [-0.39, 0.29) is 11.7 Å². The number of carbonyl (C=O) groups is 1. The first-order chi connectivity index (χ1) is 18.6. The van der Waals surface area contributed by atoms with Gasteiger partial charge in [-0.1, -0.05) is 65.8 Å².